The maximum Gasteiger partial charge on any atom is 0.337 e. The largest absolute Gasteiger partial charge is 0.478 e. The van der Waals surface area contributed by atoms with E-state index in [0.29, 0.717) is 17.2 Å². The third-order valence-electron chi connectivity index (χ3n) is 3.07. The minimum absolute atomic E-state index is 0.263. The number of benzene rings is 1. The molecule has 0 aromatic heterocycles. The van der Waals surface area contributed by atoms with E-state index in [9.17, 15) is 9.90 Å². The van der Waals surface area contributed by atoms with Gasteiger partial charge in [0.2, 0.25) is 0 Å². The van der Waals surface area contributed by atoms with Gasteiger partial charge in [0, 0.05) is 16.2 Å². The van der Waals surface area contributed by atoms with Crippen LogP contribution in [0.3, 0.4) is 0 Å². The lowest BCUT2D eigenvalue weighted by molar-refractivity contribution is 0.0698. The second kappa shape index (κ2) is 6.78. The first-order valence-electron chi connectivity index (χ1n) is 6.23. The van der Waals surface area contributed by atoms with Crippen molar-refractivity contribution >= 4 is 27.6 Å². The molecule has 4 heteroatoms. The van der Waals surface area contributed by atoms with Crippen LogP contribution in [0, 0.1) is 5.92 Å². The molecule has 0 spiro atoms. The quantitative estimate of drug-likeness (QED) is 0.819. The van der Waals surface area contributed by atoms with E-state index in [-0.39, 0.29) is 6.04 Å². The molecule has 0 bridgehead atoms. The first-order chi connectivity index (χ1) is 8.43. The molecular formula is C14H20BrNO2. The zero-order valence-electron chi connectivity index (χ0n) is 11.0. The minimum Gasteiger partial charge on any atom is -0.478 e. The van der Waals surface area contributed by atoms with Crippen LogP contribution in [0.25, 0.3) is 0 Å². The summed E-state index contributed by atoms with van der Waals surface area (Å²) < 4.78 is 0.778. The molecule has 0 heterocycles. The molecule has 3 nitrogen and oxygen atoms in total. The fourth-order valence-corrected chi connectivity index (χ4v) is 2.27. The van der Waals surface area contributed by atoms with Crippen molar-refractivity contribution in [1.29, 1.82) is 0 Å². The molecule has 1 rings (SSSR count). The maximum atomic E-state index is 11.2. The van der Waals surface area contributed by atoms with E-state index < -0.39 is 5.97 Å². The molecule has 18 heavy (non-hydrogen) atoms. The molecule has 0 saturated heterocycles. The van der Waals surface area contributed by atoms with Crippen LogP contribution in [0.4, 0.5) is 5.69 Å². The molecule has 0 amide bonds. The van der Waals surface area contributed by atoms with Crippen molar-refractivity contribution < 1.29 is 9.90 Å². The predicted octanol–water partition coefficient (Wildman–Crippen LogP) is 4.38. The Morgan fingerprint density at radius 1 is 1.44 bits per heavy atom. The first-order valence-corrected chi connectivity index (χ1v) is 7.02. The summed E-state index contributed by atoms with van der Waals surface area (Å²) in [7, 11) is 0. The Bertz CT molecular complexity index is 420. The topological polar surface area (TPSA) is 49.3 Å². The number of nitrogens with one attached hydrogen (secondary N) is 1. The average Bonchev–Trinajstić information content (AvgIpc) is 2.30. The van der Waals surface area contributed by atoms with Gasteiger partial charge in [-0.3, -0.25) is 0 Å². The Hall–Kier alpha value is -1.03. The van der Waals surface area contributed by atoms with E-state index in [1.165, 1.54) is 0 Å². The second-order valence-electron chi connectivity index (χ2n) is 4.79. The standard InChI is InChI=1S/C14H20BrNO2/c1-4-9(2)7-10(3)16-13-6-5-11(15)8-12(13)14(17)18/h5-6,8-10,16H,4,7H2,1-3H3,(H,17,18). The normalized spacial score (nSPS) is 14.0. The maximum absolute atomic E-state index is 11.2. The van der Waals surface area contributed by atoms with Crippen molar-refractivity contribution in [1.82, 2.24) is 0 Å². The van der Waals surface area contributed by atoms with E-state index in [0.717, 1.165) is 17.3 Å². The molecular weight excluding hydrogens is 294 g/mol. The number of aromatic carboxylic acids is 1. The summed E-state index contributed by atoms with van der Waals surface area (Å²) in [5, 5.41) is 12.5. The highest BCUT2D eigenvalue weighted by Gasteiger charge is 2.13. The fraction of sp³-hybridized carbons (Fsp3) is 0.500. The van der Waals surface area contributed by atoms with Gasteiger partial charge in [-0.1, -0.05) is 36.2 Å². The Morgan fingerprint density at radius 3 is 2.67 bits per heavy atom. The van der Waals surface area contributed by atoms with E-state index >= 15 is 0 Å². The lowest BCUT2D eigenvalue weighted by atomic mass is 10.00. The van der Waals surface area contributed by atoms with Gasteiger partial charge in [0.05, 0.1) is 5.56 Å². The number of carbonyl (C=O) groups is 1. The molecule has 0 aliphatic rings. The zero-order valence-corrected chi connectivity index (χ0v) is 12.6. The molecule has 2 atom stereocenters. The van der Waals surface area contributed by atoms with Gasteiger partial charge in [0.15, 0.2) is 0 Å². The van der Waals surface area contributed by atoms with E-state index in [1.807, 2.05) is 6.07 Å². The Kier molecular flexibility index (Phi) is 5.66. The molecule has 0 aliphatic heterocycles. The van der Waals surface area contributed by atoms with Crippen LogP contribution in [-0.2, 0) is 0 Å². The highest BCUT2D eigenvalue weighted by atomic mass is 79.9. The Balaban J connectivity index is 2.80. The summed E-state index contributed by atoms with van der Waals surface area (Å²) in [6.45, 7) is 6.46. The molecule has 1 aromatic carbocycles. The van der Waals surface area contributed by atoms with Crippen LogP contribution < -0.4 is 5.32 Å². The van der Waals surface area contributed by atoms with Crippen LogP contribution in [0.2, 0.25) is 0 Å². The molecule has 1 aromatic rings. The lowest BCUT2D eigenvalue weighted by Gasteiger charge is -2.20. The van der Waals surface area contributed by atoms with Crippen LogP contribution in [0.5, 0.6) is 0 Å². The summed E-state index contributed by atoms with van der Waals surface area (Å²) in [6.07, 6.45) is 2.17. The van der Waals surface area contributed by atoms with Gasteiger partial charge in [-0.15, -0.1) is 0 Å². The van der Waals surface area contributed by atoms with Gasteiger partial charge < -0.3 is 10.4 Å². The van der Waals surface area contributed by atoms with Gasteiger partial charge in [-0.05, 0) is 37.5 Å². The summed E-state index contributed by atoms with van der Waals surface area (Å²) in [5.41, 5.74) is 0.988. The molecule has 2 N–H and O–H groups in total. The van der Waals surface area contributed by atoms with Crippen molar-refractivity contribution in [3.8, 4) is 0 Å². The van der Waals surface area contributed by atoms with Crippen LogP contribution >= 0.6 is 15.9 Å². The van der Waals surface area contributed by atoms with Crippen LogP contribution in [0.15, 0.2) is 22.7 Å². The van der Waals surface area contributed by atoms with Gasteiger partial charge in [0.1, 0.15) is 0 Å². The van der Waals surface area contributed by atoms with Gasteiger partial charge in [0.25, 0.3) is 0 Å². The van der Waals surface area contributed by atoms with Gasteiger partial charge in [-0.2, -0.15) is 0 Å². The van der Waals surface area contributed by atoms with Gasteiger partial charge >= 0.3 is 5.97 Å². The third kappa shape index (κ3) is 4.33. The number of rotatable bonds is 6. The number of carboxylic acids is 1. The van der Waals surface area contributed by atoms with Crippen molar-refractivity contribution in [3.63, 3.8) is 0 Å². The number of anilines is 1. The van der Waals surface area contributed by atoms with Crippen molar-refractivity contribution in [3.05, 3.63) is 28.2 Å². The number of carboxylic acid groups (broad SMARTS) is 1. The first kappa shape index (κ1) is 15.0. The predicted molar refractivity (Wildman–Crippen MR) is 78.3 cm³/mol. The Labute approximate surface area is 117 Å². The molecule has 0 fully saturated rings. The van der Waals surface area contributed by atoms with E-state index in [4.69, 9.17) is 0 Å². The average molecular weight is 314 g/mol. The third-order valence-corrected chi connectivity index (χ3v) is 3.56. The van der Waals surface area contributed by atoms with Crippen molar-refractivity contribution in [2.75, 3.05) is 5.32 Å². The smallest absolute Gasteiger partial charge is 0.337 e. The van der Waals surface area contributed by atoms with Crippen LogP contribution in [0.1, 0.15) is 44.0 Å². The summed E-state index contributed by atoms with van der Waals surface area (Å²) in [5.74, 6) is -0.272. The number of halogens is 1. The van der Waals surface area contributed by atoms with Crippen LogP contribution in [-0.4, -0.2) is 17.1 Å². The summed E-state index contributed by atoms with van der Waals surface area (Å²) in [6, 6.07) is 5.55. The fourth-order valence-electron chi connectivity index (χ4n) is 1.91. The molecule has 100 valence electrons. The SMILES string of the molecule is CCC(C)CC(C)Nc1ccc(Br)cc1C(=O)O. The number of hydrogen-bond donors (Lipinski definition) is 2. The van der Waals surface area contributed by atoms with Crippen molar-refractivity contribution in [2.45, 2.75) is 39.7 Å². The number of hydrogen-bond acceptors (Lipinski definition) is 2. The van der Waals surface area contributed by atoms with E-state index in [2.05, 4.69) is 42.0 Å². The van der Waals surface area contributed by atoms with E-state index in [1.54, 1.807) is 12.1 Å². The Morgan fingerprint density at radius 2 is 2.11 bits per heavy atom. The molecule has 0 saturated carbocycles. The summed E-state index contributed by atoms with van der Waals surface area (Å²) >= 11 is 3.29. The zero-order chi connectivity index (χ0) is 13.7. The highest BCUT2D eigenvalue weighted by molar-refractivity contribution is 9.10. The second-order valence-corrected chi connectivity index (χ2v) is 5.71. The molecule has 2 unspecified atom stereocenters. The monoisotopic (exact) mass is 313 g/mol. The minimum atomic E-state index is -0.908. The lowest BCUT2D eigenvalue weighted by Crippen LogP contribution is -2.20. The van der Waals surface area contributed by atoms with Gasteiger partial charge in [-0.25, -0.2) is 4.79 Å². The highest BCUT2D eigenvalue weighted by Crippen LogP contribution is 2.23. The van der Waals surface area contributed by atoms with Crippen molar-refractivity contribution in [2.24, 2.45) is 5.92 Å². The molecule has 0 radical (unpaired) electrons. The molecule has 0 aliphatic carbocycles. The summed E-state index contributed by atoms with van der Waals surface area (Å²) in [4.78, 5) is 11.2.